The highest BCUT2D eigenvalue weighted by Gasteiger charge is 2.35. The summed E-state index contributed by atoms with van der Waals surface area (Å²) in [5.41, 5.74) is 1.82. The van der Waals surface area contributed by atoms with Crippen molar-refractivity contribution in [1.82, 2.24) is 9.80 Å². The summed E-state index contributed by atoms with van der Waals surface area (Å²) >= 11 is 0. The second-order valence-corrected chi connectivity index (χ2v) is 8.58. The Hall–Kier alpha value is -3.76. The van der Waals surface area contributed by atoms with Gasteiger partial charge in [0.25, 0.3) is 17.7 Å². The monoisotopic (exact) mass is 478 g/mol. The van der Waals surface area contributed by atoms with E-state index in [0.29, 0.717) is 54.6 Å². The number of nitrogens with zero attached hydrogens (tertiary/aromatic N) is 3. The number of benzene rings is 2. The Morgan fingerprint density at radius 3 is 2.31 bits per heavy atom. The Kier molecular flexibility index (Phi) is 6.47. The summed E-state index contributed by atoms with van der Waals surface area (Å²) in [6.07, 6.45) is -0.0429. The Morgan fingerprint density at radius 1 is 0.886 bits per heavy atom. The van der Waals surface area contributed by atoms with E-state index in [2.05, 4.69) is 10.2 Å². The predicted octanol–water partition coefficient (Wildman–Crippen LogP) is 1.37. The molecule has 4 amide bonds. The summed E-state index contributed by atoms with van der Waals surface area (Å²) in [7, 11) is 0. The smallest absolute Gasteiger partial charge is 0.265 e. The van der Waals surface area contributed by atoms with Gasteiger partial charge in [-0.2, -0.15) is 0 Å². The predicted molar refractivity (Wildman–Crippen MR) is 127 cm³/mol. The van der Waals surface area contributed by atoms with Crippen LogP contribution in [0.25, 0.3) is 0 Å². The number of hydrogen-bond donors (Lipinski definition) is 1. The zero-order valence-corrected chi connectivity index (χ0v) is 19.2. The summed E-state index contributed by atoms with van der Waals surface area (Å²) < 4.78 is 10.9. The molecule has 0 saturated carbocycles. The Balaban J connectivity index is 1.21. The molecule has 1 saturated heterocycles. The summed E-state index contributed by atoms with van der Waals surface area (Å²) in [5, 5.41) is 2.80. The first-order chi connectivity index (χ1) is 17.0. The number of rotatable bonds is 7. The van der Waals surface area contributed by atoms with Gasteiger partial charge in [0.2, 0.25) is 5.91 Å². The van der Waals surface area contributed by atoms with Crippen molar-refractivity contribution in [2.45, 2.75) is 6.42 Å². The molecule has 3 heterocycles. The van der Waals surface area contributed by atoms with E-state index >= 15 is 0 Å². The maximum Gasteiger partial charge on any atom is 0.265 e. The van der Waals surface area contributed by atoms with Crippen LogP contribution in [0.5, 0.6) is 5.75 Å². The molecule has 3 aliphatic heterocycles. The number of carbonyl (C=O) groups is 4. The van der Waals surface area contributed by atoms with E-state index in [1.165, 1.54) is 0 Å². The molecule has 10 heteroatoms. The number of ether oxygens (including phenoxy) is 2. The number of morpholine rings is 1. The van der Waals surface area contributed by atoms with Crippen molar-refractivity contribution in [1.29, 1.82) is 0 Å². The zero-order chi connectivity index (χ0) is 24.4. The molecule has 0 radical (unpaired) electrons. The van der Waals surface area contributed by atoms with Gasteiger partial charge in [0.05, 0.1) is 30.0 Å². The van der Waals surface area contributed by atoms with E-state index in [9.17, 15) is 19.2 Å². The van der Waals surface area contributed by atoms with Crippen molar-refractivity contribution in [3.8, 4) is 5.75 Å². The number of hydrogen-bond acceptors (Lipinski definition) is 7. The Labute approximate surface area is 202 Å². The summed E-state index contributed by atoms with van der Waals surface area (Å²) in [4.78, 5) is 55.2. The van der Waals surface area contributed by atoms with Crippen LogP contribution in [-0.2, 0) is 14.3 Å². The van der Waals surface area contributed by atoms with Crippen LogP contribution in [0.2, 0.25) is 0 Å². The van der Waals surface area contributed by atoms with E-state index < -0.39 is 11.8 Å². The second kappa shape index (κ2) is 9.85. The van der Waals surface area contributed by atoms with E-state index in [0.717, 1.165) is 18.0 Å². The molecule has 5 rings (SSSR count). The first kappa shape index (κ1) is 23.0. The molecule has 2 aromatic rings. The lowest BCUT2D eigenvalue weighted by Crippen LogP contribution is -2.45. The molecule has 0 bridgehead atoms. The number of imide groups is 1. The number of anilines is 2. The van der Waals surface area contributed by atoms with Crippen LogP contribution in [0.1, 0.15) is 27.1 Å². The molecule has 182 valence electrons. The molecule has 0 unspecified atom stereocenters. The lowest BCUT2D eigenvalue weighted by Gasteiger charge is -2.33. The van der Waals surface area contributed by atoms with Crippen LogP contribution in [0.4, 0.5) is 11.4 Å². The molecule has 2 aromatic carbocycles. The van der Waals surface area contributed by atoms with Crippen molar-refractivity contribution in [3.05, 3.63) is 53.6 Å². The van der Waals surface area contributed by atoms with Crippen molar-refractivity contribution >= 4 is 35.0 Å². The highest BCUT2D eigenvalue weighted by Crippen LogP contribution is 2.34. The van der Waals surface area contributed by atoms with Crippen LogP contribution in [0.15, 0.2) is 42.5 Å². The topological polar surface area (TPSA) is 108 Å². The fourth-order valence-electron chi connectivity index (χ4n) is 4.47. The van der Waals surface area contributed by atoms with Gasteiger partial charge in [0.1, 0.15) is 5.75 Å². The van der Waals surface area contributed by atoms with Crippen LogP contribution in [-0.4, -0.2) is 86.0 Å². The molecule has 0 atom stereocenters. The van der Waals surface area contributed by atoms with E-state index in [4.69, 9.17) is 9.47 Å². The minimum atomic E-state index is -0.390. The molecule has 1 N–H and O–H groups in total. The summed E-state index contributed by atoms with van der Waals surface area (Å²) in [6.45, 7) is 4.20. The number of fused-ring (bicyclic) bond motifs is 2. The first-order valence-electron chi connectivity index (χ1n) is 11.6. The number of nitrogens with one attached hydrogen (secondary N) is 1. The summed E-state index contributed by atoms with van der Waals surface area (Å²) in [6, 6.07) is 11.8. The van der Waals surface area contributed by atoms with E-state index in [1.807, 2.05) is 0 Å². The Morgan fingerprint density at radius 2 is 1.60 bits per heavy atom. The lowest BCUT2D eigenvalue weighted by molar-refractivity contribution is -0.121. The number of carbonyl (C=O) groups excluding carboxylic acids is 4. The van der Waals surface area contributed by atoms with E-state index in [-0.39, 0.29) is 31.4 Å². The molecule has 10 nitrogen and oxygen atoms in total. The van der Waals surface area contributed by atoms with Gasteiger partial charge in [0, 0.05) is 44.8 Å². The van der Waals surface area contributed by atoms with Gasteiger partial charge in [-0.05, 0) is 30.3 Å². The summed E-state index contributed by atoms with van der Waals surface area (Å²) in [5.74, 6) is -0.683. The average molecular weight is 479 g/mol. The molecule has 3 aliphatic rings. The highest BCUT2D eigenvalue weighted by molar-refractivity contribution is 6.21. The number of amides is 4. The molecular weight excluding hydrogens is 452 g/mol. The fourth-order valence-corrected chi connectivity index (χ4v) is 4.47. The van der Waals surface area contributed by atoms with Crippen molar-refractivity contribution in [2.24, 2.45) is 0 Å². The first-order valence-corrected chi connectivity index (χ1v) is 11.6. The van der Waals surface area contributed by atoms with Gasteiger partial charge in [-0.25, -0.2) is 0 Å². The molecule has 0 aliphatic carbocycles. The third-order valence-corrected chi connectivity index (χ3v) is 6.37. The van der Waals surface area contributed by atoms with Gasteiger partial charge >= 0.3 is 0 Å². The van der Waals surface area contributed by atoms with Crippen molar-refractivity contribution in [2.75, 3.05) is 62.8 Å². The molecule has 35 heavy (non-hydrogen) atoms. The minimum Gasteiger partial charge on any atom is -0.482 e. The highest BCUT2D eigenvalue weighted by atomic mass is 16.5. The maximum atomic E-state index is 12.6. The van der Waals surface area contributed by atoms with Gasteiger partial charge < -0.3 is 19.7 Å². The van der Waals surface area contributed by atoms with Crippen LogP contribution < -0.4 is 15.0 Å². The largest absolute Gasteiger partial charge is 0.482 e. The molecular formula is C25H26N4O6. The molecule has 1 fully saturated rings. The Bertz CT molecular complexity index is 1140. The van der Waals surface area contributed by atoms with Gasteiger partial charge in [-0.1, -0.05) is 12.1 Å². The van der Waals surface area contributed by atoms with Gasteiger partial charge in [0.15, 0.2) is 6.61 Å². The van der Waals surface area contributed by atoms with E-state index in [1.54, 1.807) is 47.4 Å². The SMILES string of the molecule is O=C(CCN1C(=O)c2ccccc2C1=O)Nc1ccc2c(c1)N(CCN1CCOCC1)C(=O)CO2. The lowest BCUT2D eigenvalue weighted by atomic mass is 10.1. The third kappa shape index (κ3) is 4.75. The van der Waals surface area contributed by atoms with Gasteiger partial charge in [-0.15, -0.1) is 0 Å². The molecule has 0 aromatic heterocycles. The van der Waals surface area contributed by atoms with Crippen LogP contribution >= 0.6 is 0 Å². The molecule has 0 spiro atoms. The quantitative estimate of drug-likeness (QED) is 0.599. The fraction of sp³-hybridized carbons (Fsp3) is 0.360. The standard InChI is InChI=1S/C25H26N4O6/c30-22(7-8-29-24(32)18-3-1-2-4-19(18)25(29)33)26-17-5-6-21-20(15-17)28(23(31)16-35-21)10-9-27-11-13-34-14-12-27/h1-6,15H,7-14,16H2,(H,26,30). The van der Waals surface area contributed by atoms with Gasteiger partial charge in [-0.3, -0.25) is 29.0 Å². The minimum absolute atomic E-state index is 0.0175. The van der Waals surface area contributed by atoms with Crippen molar-refractivity contribution < 1.29 is 28.7 Å². The maximum absolute atomic E-state index is 12.6. The van der Waals surface area contributed by atoms with Crippen LogP contribution in [0, 0.1) is 0 Å². The van der Waals surface area contributed by atoms with Crippen molar-refractivity contribution in [3.63, 3.8) is 0 Å². The second-order valence-electron chi connectivity index (χ2n) is 8.58. The zero-order valence-electron chi connectivity index (χ0n) is 19.2. The normalized spacial score (nSPS) is 17.8. The average Bonchev–Trinajstić information content (AvgIpc) is 3.12. The third-order valence-electron chi connectivity index (χ3n) is 6.37. The van der Waals surface area contributed by atoms with Crippen LogP contribution in [0.3, 0.4) is 0 Å².